The maximum atomic E-state index is 12.5. The van der Waals surface area contributed by atoms with E-state index in [0.29, 0.717) is 13.0 Å². The Balaban J connectivity index is 1.67. The Morgan fingerprint density at radius 3 is 2.21 bits per heavy atom. The minimum atomic E-state index is -3.89. The van der Waals surface area contributed by atoms with Crippen molar-refractivity contribution >= 4 is 43.3 Å². The van der Waals surface area contributed by atoms with Gasteiger partial charge in [0.25, 0.3) is 0 Å². The van der Waals surface area contributed by atoms with Gasteiger partial charge in [-0.15, -0.1) is 11.3 Å². The number of halogens is 1. The lowest BCUT2D eigenvalue weighted by atomic mass is 10.1. The average molecular weight is 480 g/mol. The predicted molar refractivity (Wildman–Crippen MR) is 114 cm³/mol. The summed E-state index contributed by atoms with van der Waals surface area (Å²) in [5.41, 5.74) is 1.99. The molecule has 28 heavy (non-hydrogen) atoms. The van der Waals surface area contributed by atoms with Crippen LogP contribution in [0.3, 0.4) is 0 Å². The van der Waals surface area contributed by atoms with E-state index >= 15 is 0 Å². The van der Waals surface area contributed by atoms with Crippen LogP contribution in [0.1, 0.15) is 11.8 Å². The third-order valence-corrected chi connectivity index (χ3v) is 7.24. The molecule has 3 rings (SSSR count). The number of carbonyl (C=O) groups excluding carboxylic acids is 1. The minimum Gasteiger partial charge on any atom is -0.378 e. The Morgan fingerprint density at radius 1 is 1.00 bits per heavy atom. The third-order valence-electron chi connectivity index (χ3n) is 3.87. The first-order chi connectivity index (χ1) is 13.3. The molecular formula is C20H18BrNO4S2. The number of hydrogen-bond acceptors (Lipinski definition) is 5. The number of hydrogen-bond donors (Lipinski definition) is 1. The van der Waals surface area contributed by atoms with Gasteiger partial charge < -0.3 is 9.50 Å². The standard InChI is InChI=1S/C20H18BrNO4S2/c1-14(23)22-13-12-19-10-11-20(27-19)28(24,25)26-18-8-4-16(5-9-18)15-2-6-17(21)7-3-15/h2-11H,12-13H2,1H3,(H,22,23). The van der Waals surface area contributed by atoms with Crippen LogP contribution in [0.5, 0.6) is 5.75 Å². The molecule has 0 saturated heterocycles. The van der Waals surface area contributed by atoms with Crippen molar-refractivity contribution in [3.05, 3.63) is 70.0 Å². The summed E-state index contributed by atoms with van der Waals surface area (Å²) < 4.78 is 31.4. The van der Waals surface area contributed by atoms with Crippen molar-refractivity contribution in [2.24, 2.45) is 0 Å². The normalized spacial score (nSPS) is 11.2. The van der Waals surface area contributed by atoms with Gasteiger partial charge in [0, 0.05) is 22.8 Å². The van der Waals surface area contributed by atoms with Crippen molar-refractivity contribution in [1.29, 1.82) is 0 Å². The lowest BCUT2D eigenvalue weighted by Crippen LogP contribution is -2.22. The average Bonchev–Trinajstić information content (AvgIpc) is 3.12. The van der Waals surface area contributed by atoms with E-state index in [2.05, 4.69) is 21.2 Å². The lowest BCUT2D eigenvalue weighted by Gasteiger charge is -2.07. The van der Waals surface area contributed by atoms with Crippen LogP contribution < -0.4 is 9.50 Å². The Hall–Kier alpha value is -2.16. The Kier molecular flexibility index (Phi) is 6.53. The highest BCUT2D eigenvalue weighted by Crippen LogP contribution is 2.28. The number of amides is 1. The lowest BCUT2D eigenvalue weighted by molar-refractivity contribution is -0.118. The first-order valence-electron chi connectivity index (χ1n) is 8.47. The highest BCUT2D eigenvalue weighted by molar-refractivity contribution is 9.10. The van der Waals surface area contributed by atoms with Crippen LogP contribution in [0.15, 0.2) is 69.3 Å². The van der Waals surface area contributed by atoms with Crippen molar-refractivity contribution in [1.82, 2.24) is 5.32 Å². The fourth-order valence-corrected chi connectivity index (χ4v) is 5.01. The van der Waals surface area contributed by atoms with Crippen LogP contribution in [0.25, 0.3) is 11.1 Å². The maximum Gasteiger partial charge on any atom is 0.348 e. The van der Waals surface area contributed by atoms with Crippen molar-refractivity contribution in [3.63, 3.8) is 0 Å². The topological polar surface area (TPSA) is 72.5 Å². The summed E-state index contributed by atoms with van der Waals surface area (Å²) in [7, 11) is -3.89. The van der Waals surface area contributed by atoms with E-state index in [0.717, 1.165) is 31.8 Å². The quantitative estimate of drug-likeness (QED) is 0.501. The molecule has 3 aromatic rings. The first kappa shape index (κ1) is 20.6. The fraction of sp³-hybridized carbons (Fsp3) is 0.150. The molecule has 0 aliphatic rings. The summed E-state index contributed by atoms with van der Waals surface area (Å²) in [5, 5.41) is 2.69. The highest BCUT2D eigenvalue weighted by Gasteiger charge is 2.19. The van der Waals surface area contributed by atoms with E-state index < -0.39 is 10.1 Å². The number of thiophene rings is 1. The zero-order chi connectivity index (χ0) is 20.1. The molecule has 1 N–H and O–H groups in total. The molecule has 1 aromatic heterocycles. The van der Waals surface area contributed by atoms with Gasteiger partial charge in [-0.2, -0.15) is 8.42 Å². The van der Waals surface area contributed by atoms with Crippen LogP contribution in [-0.2, 0) is 21.3 Å². The Morgan fingerprint density at radius 2 is 1.61 bits per heavy atom. The number of nitrogens with one attached hydrogen (secondary N) is 1. The van der Waals surface area contributed by atoms with Crippen molar-refractivity contribution in [2.45, 2.75) is 17.6 Å². The van der Waals surface area contributed by atoms with Crippen molar-refractivity contribution in [2.75, 3.05) is 6.54 Å². The molecule has 0 radical (unpaired) electrons. The molecular weight excluding hydrogens is 462 g/mol. The summed E-state index contributed by atoms with van der Waals surface area (Å²) in [6.07, 6.45) is 0.571. The number of carbonyl (C=O) groups is 1. The van der Waals surface area contributed by atoms with Gasteiger partial charge in [0.2, 0.25) is 5.91 Å². The maximum absolute atomic E-state index is 12.5. The van der Waals surface area contributed by atoms with E-state index in [-0.39, 0.29) is 15.9 Å². The van der Waals surface area contributed by atoms with Gasteiger partial charge in [-0.3, -0.25) is 4.79 Å². The van der Waals surface area contributed by atoms with E-state index in [1.165, 1.54) is 13.0 Å². The molecule has 5 nitrogen and oxygen atoms in total. The third kappa shape index (κ3) is 5.43. The zero-order valence-corrected chi connectivity index (χ0v) is 18.2. The summed E-state index contributed by atoms with van der Waals surface area (Å²) in [4.78, 5) is 11.8. The van der Waals surface area contributed by atoms with E-state index in [1.54, 1.807) is 18.2 Å². The van der Waals surface area contributed by atoms with E-state index in [4.69, 9.17) is 4.18 Å². The second-order valence-corrected chi connectivity index (χ2v) is 9.88. The largest absolute Gasteiger partial charge is 0.378 e. The van der Waals surface area contributed by atoms with Crippen LogP contribution in [0.4, 0.5) is 0 Å². The van der Waals surface area contributed by atoms with Crippen LogP contribution in [0, 0.1) is 0 Å². The molecule has 1 heterocycles. The first-order valence-corrected chi connectivity index (χ1v) is 11.5. The molecule has 2 aromatic carbocycles. The molecule has 0 atom stereocenters. The van der Waals surface area contributed by atoms with Crippen LogP contribution >= 0.6 is 27.3 Å². The minimum absolute atomic E-state index is 0.112. The predicted octanol–water partition coefficient (Wildman–Crippen LogP) is 4.62. The van der Waals surface area contributed by atoms with E-state index in [9.17, 15) is 13.2 Å². The molecule has 0 fully saturated rings. The highest BCUT2D eigenvalue weighted by atomic mass is 79.9. The molecule has 0 unspecified atom stereocenters. The number of benzene rings is 2. The molecule has 8 heteroatoms. The van der Waals surface area contributed by atoms with Gasteiger partial charge in [0.05, 0.1) is 0 Å². The SMILES string of the molecule is CC(=O)NCCc1ccc(S(=O)(=O)Oc2ccc(-c3ccc(Br)cc3)cc2)s1. The summed E-state index contributed by atoms with van der Waals surface area (Å²) in [6.45, 7) is 1.91. The van der Waals surface area contributed by atoms with Gasteiger partial charge in [-0.1, -0.05) is 40.2 Å². The molecule has 0 aliphatic heterocycles. The van der Waals surface area contributed by atoms with Crippen LogP contribution in [0.2, 0.25) is 0 Å². The van der Waals surface area contributed by atoms with Gasteiger partial charge in [-0.25, -0.2) is 0 Å². The Labute approximate surface area is 176 Å². The van der Waals surface area contributed by atoms with Gasteiger partial charge in [0.1, 0.15) is 5.75 Å². The smallest absolute Gasteiger partial charge is 0.348 e. The monoisotopic (exact) mass is 479 g/mol. The zero-order valence-electron chi connectivity index (χ0n) is 15.0. The van der Waals surface area contributed by atoms with Crippen molar-refractivity contribution < 1.29 is 17.4 Å². The van der Waals surface area contributed by atoms with Gasteiger partial charge >= 0.3 is 10.1 Å². The second-order valence-electron chi connectivity index (χ2n) is 6.02. The summed E-state index contributed by atoms with van der Waals surface area (Å²) in [6, 6.07) is 18.0. The van der Waals surface area contributed by atoms with Gasteiger partial charge in [-0.05, 0) is 53.9 Å². The molecule has 0 spiro atoms. The summed E-state index contributed by atoms with van der Waals surface area (Å²) in [5.74, 6) is 0.147. The number of rotatable bonds is 7. The summed E-state index contributed by atoms with van der Waals surface area (Å²) >= 11 is 4.55. The molecule has 0 bridgehead atoms. The van der Waals surface area contributed by atoms with Crippen molar-refractivity contribution in [3.8, 4) is 16.9 Å². The Bertz CT molecular complexity index is 1060. The molecule has 146 valence electrons. The molecule has 1 amide bonds. The van der Waals surface area contributed by atoms with Crippen LogP contribution in [-0.4, -0.2) is 20.9 Å². The second kappa shape index (κ2) is 8.89. The molecule has 0 aliphatic carbocycles. The van der Waals surface area contributed by atoms with Gasteiger partial charge in [0.15, 0.2) is 4.21 Å². The molecule has 0 saturated carbocycles. The van der Waals surface area contributed by atoms with E-state index in [1.807, 2.05) is 36.4 Å². The fourth-order valence-electron chi connectivity index (χ4n) is 2.50.